The van der Waals surface area contributed by atoms with E-state index in [9.17, 15) is 9.90 Å². The Labute approximate surface area is 141 Å². The summed E-state index contributed by atoms with van der Waals surface area (Å²) in [7, 11) is 0. The van der Waals surface area contributed by atoms with E-state index in [1.165, 1.54) is 25.7 Å². The number of aliphatic hydroxyl groups excluding tert-OH is 1. The number of aliphatic carboxylic acids is 1. The van der Waals surface area contributed by atoms with Crippen LogP contribution in [0.1, 0.15) is 64.7 Å². The summed E-state index contributed by atoms with van der Waals surface area (Å²) < 4.78 is 0. The molecule has 0 unspecified atom stereocenters. The van der Waals surface area contributed by atoms with Gasteiger partial charge in [0.2, 0.25) is 0 Å². The van der Waals surface area contributed by atoms with E-state index in [0.717, 1.165) is 12.8 Å². The van der Waals surface area contributed by atoms with Crippen LogP contribution in [0.15, 0.2) is 48.6 Å². The van der Waals surface area contributed by atoms with Crippen LogP contribution >= 0.6 is 0 Å². The molecule has 3 heteroatoms. The number of unbranched alkanes of at least 4 members (excludes halogenated alkanes) is 3. The van der Waals surface area contributed by atoms with Crippen molar-refractivity contribution in [3.63, 3.8) is 0 Å². The predicted molar refractivity (Wildman–Crippen MR) is 97.4 cm³/mol. The van der Waals surface area contributed by atoms with Gasteiger partial charge in [0, 0.05) is 6.42 Å². The van der Waals surface area contributed by atoms with E-state index in [1.807, 2.05) is 18.2 Å². The summed E-state index contributed by atoms with van der Waals surface area (Å²) in [4.78, 5) is 10.3. The van der Waals surface area contributed by atoms with Crippen LogP contribution in [-0.2, 0) is 4.79 Å². The Balaban J connectivity index is 3.59. The van der Waals surface area contributed by atoms with Crippen LogP contribution < -0.4 is 0 Å². The Kier molecular flexibility index (Phi) is 15.6. The molecule has 0 radical (unpaired) electrons. The molecule has 0 aromatic heterocycles. The highest BCUT2D eigenvalue weighted by atomic mass is 16.4. The fourth-order valence-corrected chi connectivity index (χ4v) is 1.98. The zero-order valence-corrected chi connectivity index (χ0v) is 14.4. The molecular weight excluding hydrogens is 288 g/mol. The summed E-state index contributed by atoms with van der Waals surface area (Å²) in [6, 6.07) is 0. The quantitative estimate of drug-likeness (QED) is 0.263. The molecule has 0 aromatic rings. The lowest BCUT2D eigenvalue weighted by Crippen LogP contribution is -2.03. The van der Waals surface area contributed by atoms with Crippen LogP contribution in [-0.4, -0.2) is 22.3 Å². The maximum atomic E-state index is 10.3. The third-order valence-electron chi connectivity index (χ3n) is 3.32. The van der Waals surface area contributed by atoms with Gasteiger partial charge in [0.05, 0.1) is 6.10 Å². The fraction of sp³-hybridized carbons (Fsp3) is 0.550. The van der Waals surface area contributed by atoms with E-state index in [4.69, 9.17) is 5.11 Å². The minimum atomic E-state index is -0.816. The molecule has 0 amide bonds. The van der Waals surface area contributed by atoms with E-state index in [0.29, 0.717) is 12.8 Å². The standard InChI is InChI=1S/C20H32O3/c1-2-3-4-5-6-7-8-9-10-11-12-13-14-16-19(21)17-15-18-20(22)23/h6-7,9-10,12-14,16,19,21H,2-5,8,11,15,17-18H2,1H3,(H,22,23)/b7-6+,10-9+,13-12+,16-14+/t19-/m1/s1. The fourth-order valence-electron chi connectivity index (χ4n) is 1.98. The Morgan fingerprint density at radius 1 is 0.957 bits per heavy atom. The van der Waals surface area contributed by atoms with Gasteiger partial charge < -0.3 is 10.2 Å². The molecule has 0 rings (SSSR count). The van der Waals surface area contributed by atoms with E-state index in [-0.39, 0.29) is 6.42 Å². The molecular formula is C20H32O3. The van der Waals surface area contributed by atoms with Gasteiger partial charge in [0.25, 0.3) is 0 Å². The molecule has 0 spiro atoms. The second-order valence-corrected chi connectivity index (χ2v) is 5.58. The minimum absolute atomic E-state index is 0.110. The number of allylic oxidation sites excluding steroid dienone is 7. The number of aliphatic hydroxyl groups is 1. The largest absolute Gasteiger partial charge is 0.481 e. The van der Waals surface area contributed by atoms with Crippen LogP contribution in [0.25, 0.3) is 0 Å². The summed E-state index contributed by atoms with van der Waals surface area (Å²) in [5, 5.41) is 18.1. The molecule has 23 heavy (non-hydrogen) atoms. The number of carboxylic acid groups (broad SMARTS) is 1. The average Bonchev–Trinajstić information content (AvgIpc) is 2.51. The van der Waals surface area contributed by atoms with Crippen molar-refractivity contribution in [2.24, 2.45) is 0 Å². The molecule has 0 saturated carbocycles. The lowest BCUT2D eigenvalue weighted by Gasteiger charge is -2.02. The van der Waals surface area contributed by atoms with Crippen LogP contribution in [0.5, 0.6) is 0 Å². The van der Waals surface area contributed by atoms with Crippen molar-refractivity contribution in [3.05, 3.63) is 48.6 Å². The molecule has 0 bridgehead atoms. The van der Waals surface area contributed by atoms with Crippen LogP contribution in [0.3, 0.4) is 0 Å². The lowest BCUT2D eigenvalue weighted by molar-refractivity contribution is -0.137. The van der Waals surface area contributed by atoms with Crippen LogP contribution in [0, 0.1) is 0 Å². The first-order chi connectivity index (χ1) is 11.2. The first kappa shape index (κ1) is 21.4. The Morgan fingerprint density at radius 2 is 1.65 bits per heavy atom. The molecule has 0 heterocycles. The van der Waals surface area contributed by atoms with Crippen molar-refractivity contribution in [1.82, 2.24) is 0 Å². The minimum Gasteiger partial charge on any atom is -0.481 e. The normalized spacial score (nSPS) is 13.8. The van der Waals surface area contributed by atoms with Gasteiger partial charge in [0.1, 0.15) is 0 Å². The molecule has 0 saturated heterocycles. The third kappa shape index (κ3) is 18.3. The molecule has 1 atom stereocenters. The third-order valence-corrected chi connectivity index (χ3v) is 3.32. The molecule has 0 aliphatic heterocycles. The van der Waals surface area contributed by atoms with Gasteiger partial charge in [-0.3, -0.25) is 4.79 Å². The molecule has 0 fully saturated rings. The first-order valence-electron chi connectivity index (χ1n) is 8.70. The second-order valence-electron chi connectivity index (χ2n) is 5.58. The summed E-state index contributed by atoms with van der Waals surface area (Å²) in [5.41, 5.74) is 0. The Bertz CT molecular complexity index is 392. The monoisotopic (exact) mass is 320 g/mol. The molecule has 0 aromatic carbocycles. The van der Waals surface area contributed by atoms with Crippen molar-refractivity contribution in [1.29, 1.82) is 0 Å². The van der Waals surface area contributed by atoms with Crippen LogP contribution in [0.4, 0.5) is 0 Å². The highest BCUT2D eigenvalue weighted by Gasteiger charge is 2.01. The van der Waals surface area contributed by atoms with Gasteiger partial charge >= 0.3 is 5.97 Å². The number of carboxylic acids is 1. The summed E-state index contributed by atoms with van der Waals surface area (Å²) in [6.45, 7) is 2.22. The zero-order valence-electron chi connectivity index (χ0n) is 14.4. The summed E-state index contributed by atoms with van der Waals surface area (Å²) >= 11 is 0. The highest BCUT2D eigenvalue weighted by molar-refractivity contribution is 5.66. The molecule has 0 aliphatic carbocycles. The van der Waals surface area contributed by atoms with Crippen molar-refractivity contribution in [2.75, 3.05) is 0 Å². The van der Waals surface area contributed by atoms with Gasteiger partial charge in [-0.15, -0.1) is 0 Å². The van der Waals surface area contributed by atoms with Crippen molar-refractivity contribution in [3.8, 4) is 0 Å². The van der Waals surface area contributed by atoms with E-state index < -0.39 is 12.1 Å². The smallest absolute Gasteiger partial charge is 0.303 e. The van der Waals surface area contributed by atoms with Crippen molar-refractivity contribution in [2.45, 2.75) is 70.8 Å². The Hall–Kier alpha value is -1.61. The van der Waals surface area contributed by atoms with Crippen molar-refractivity contribution >= 4 is 5.97 Å². The maximum Gasteiger partial charge on any atom is 0.303 e. The molecule has 2 N–H and O–H groups in total. The topological polar surface area (TPSA) is 57.5 Å². The van der Waals surface area contributed by atoms with Gasteiger partial charge in [-0.25, -0.2) is 0 Å². The number of hydrogen-bond donors (Lipinski definition) is 2. The molecule has 3 nitrogen and oxygen atoms in total. The van der Waals surface area contributed by atoms with Gasteiger partial charge in [-0.05, 0) is 38.5 Å². The average molecular weight is 320 g/mol. The van der Waals surface area contributed by atoms with E-state index in [2.05, 4.69) is 31.2 Å². The predicted octanol–water partition coefficient (Wildman–Crippen LogP) is 5.19. The lowest BCUT2D eigenvalue weighted by atomic mass is 10.1. The molecule has 130 valence electrons. The number of hydrogen-bond acceptors (Lipinski definition) is 2. The van der Waals surface area contributed by atoms with Gasteiger partial charge in [-0.1, -0.05) is 68.4 Å². The maximum absolute atomic E-state index is 10.3. The van der Waals surface area contributed by atoms with E-state index >= 15 is 0 Å². The highest BCUT2D eigenvalue weighted by Crippen LogP contribution is 2.03. The van der Waals surface area contributed by atoms with E-state index in [1.54, 1.807) is 6.08 Å². The first-order valence-corrected chi connectivity index (χ1v) is 8.70. The van der Waals surface area contributed by atoms with Crippen LogP contribution in [0.2, 0.25) is 0 Å². The Morgan fingerprint density at radius 3 is 2.35 bits per heavy atom. The SMILES string of the molecule is CCCCC/C=C/C/C=C/C/C=C/C=C/[C@@H](O)CCCC(=O)O. The van der Waals surface area contributed by atoms with Gasteiger partial charge in [0.15, 0.2) is 0 Å². The summed E-state index contributed by atoms with van der Waals surface area (Å²) in [6.07, 6.45) is 23.6. The molecule has 0 aliphatic rings. The number of rotatable bonds is 14. The zero-order chi connectivity index (χ0) is 17.2. The second kappa shape index (κ2) is 16.8. The van der Waals surface area contributed by atoms with Gasteiger partial charge in [-0.2, -0.15) is 0 Å². The van der Waals surface area contributed by atoms with Crippen molar-refractivity contribution < 1.29 is 15.0 Å². The summed E-state index contributed by atoms with van der Waals surface area (Å²) in [5.74, 6) is -0.816. The number of carbonyl (C=O) groups is 1.